The van der Waals surface area contributed by atoms with Gasteiger partial charge >= 0.3 is 41.3 Å². The second kappa shape index (κ2) is 30.1. The summed E-state index contributed by atoms with van der Waals surface area (Å²) in [6, 6.07) is 10.8. The number of carboxylic acid groups (broad SMARTS) is 2. The topological polar surface area (TPSA) is 335 Å². The van der Waals surface area contributed by atoms with Crippen molar-refractivity contribution in [2.75, 3.05) is 26.3 Å². The number of hydrazone groups is 1. The van der Waals surface area contributed by atoms with Gasteiger partial charge in [-0.2, -0.15) is 20.3 Å². The van der Waals surface area contributed by atoms with Crippen LogP contribution in [0.15, 0.2) is 63.5 Å². The number of hydrogen-bond acceptors (Lipinski definition) is 19. The van der Waals surface area contributed by atoms with Gasteiger partial charge in [0, 0.05) is 36.2 Å². The fourth-order valence-corrected chi connectivity index (χ4v) is 5.60. The molecule has 2 amide bonds. The summed E-state index contributed by atoms with van der Waals surface area (Å²) in [7, 11) is 2.99. The first kappa shape index (κ1) is 62.3. The third-order valence-electron chi connectivity index (χ3n) is 8.05. The number of aliphatic carboxylic acids is 2. The average molecular weight is 1050 g/mol. The van der Waals surface area contributed by atoms with Crippen molar-refractivity contribution in [2.45, 2.75) is 60.3 Å². The van der Waals surface area contributed by atoms with Crippen LogP contribution in [0.1, 0.15) is 77.1 Å². The van der Waals surface area contributed by atoms with Crippen molar-refractivity contribution >= 4 is 58.5 Å². The van der Waals surface area contributed by atoms with E-state index in [0.717, 1.165) is 37.1 Å². The molecule has 0 unspecified atom stereocenters. The van der Waals surface area contributed by atoms with Gasteiger partial charge in [0.25, 0.3) is 17.4 Å². The summed E-state index contributed by atoms with van der Waals surface area (Å²) in [5, 5.41) is 43.0. The van der Waals surface area contributed by atoms with E-state index in [1.807, 2.05) is 38.0 Å². The van der Waals surface area contributed by atoms with Crippen molar-refractivity contribution in [3.63, 3.8) is 0 Å². The van der Waals surface area contributed by atoms with E-state index in [1.54, 1.807) is 25.1 Å². The third kappa shape index (κ3) is 19.3. The number of halogens is 4. The Balaban J connectivity index is 0.000000620. The van der Waals surface area contributed by atoms with E-state index in [4.69, 9.17) is 72.5 Å². The van der Waals surface area contributed by atoms with Gasteiger partial charge in [-0.1, -0.05) is 50.9 Å². The number of nitrogens with one attached hydrogen (secondary N) is 3. The number of amides is 2. The summed E-state index contributed by atoms with van der Waals surface area (Å²) in [5.74, 6) is -3.79. The minimum Gasteiger partial charge on any atom is -0.550 e. The number of aromatic amines is 1. The van der Waals surface area contributed by atoms with Crippen LogP contribution in [0.4, 0.5) is 19.3 Å². The zero-order valence-corrected chi connectivity index (χ0v) is 43.5. The molecule has 0 aliphatic rings. The van der Waals surface area contributed by atoms with Crippen LogP contribution >= 0.6 is 23.2 Å². The Morgan fingerprint density at radius 1 is 0.875 bits per heavy atom. The van der Waals surface area contributed by atoms with E-state index in [2.05, 4.69) is 30.3 Å². The second-order valence-corrected chi connectivity index (χ2v) is 14.9. The van der Waals surface area contributed by atoms with Gasteiger partial charge in [0.15, 0.2) is 23.1 Å². The number of alkyl carbamates (subject to hydrolysis) is 1. The van der Waals surface area contributed by atoms with Gasteiger partial charge in [0.1, 0.15) is 23.6 Å². The molecule has 0 radical (unpaired) electrons. The normalized spacial score (nSPS) is 10.2. The molecule has 0 bridgehead atoms. The summed E-state index contributed by atoms with van der Waals surface area (Å²) in [5.41, 5.74) is 0.644. The Kier molecular flexibility index (Phi) is 26.1. The molecule has 28 heteroatoms. The van der Waals surface area contributed by atoms with Crippen LogP contribution in [0.25, 0.3) is 5.69 Å². The molecule has 5 aromatic rings. The zero-order valence-electron chi connectivity index (χ0n) is 40.0. The van der Waals surface area contributed by atoms with Crippen LogP contribution in [-0.4, -0.2) is 80.3 Å². The number of hydrogen-bond donors (Lipinski definition) is 4. The minimum atomic E-state index is -1.09. The molecule has 376 valence electrons. The standard InChI is InChI=1S/C21H21ClFN5O5.C19H15ClFN5O4.2C2H4O2.Na/c1-5-32-21(30)26-19(29)17(9-24)28-27-12-6-15(22)18(16(23)7-12)33-13-8-14(11(2)3)20(31-4)25-10-13;1-9(2)12-6-11(8-23-18(12)29-3)30-16-13(20)4-10(5-14(16)21)26-19(28)24-17(27)15(7-22)25-26;2*1-2(3)4;/h6-8,10-11,27H,5H2,1-4H3,(H,26,29,30);4-6,8-9H,1-3H3,(H,24,27,28);2*1H3,(H,3,4);/q;;;;+1/p-1/b28-17-;;;;. The monoisotopic (exact) mass is 1050 g/mol. The number of H-pyrrole nitrogens is 1. The van der Waals surface area contributed by atoms with E-state index in [-0.39, 0.29) is 92.4 Å². The Labute approximate surface area is 440 Å². The second-order valence-electron chi connectivity index (χ2n) is 14.1. The number of nitrogens with zero attached hydrogens (tertiary/aromatic N) is 7. The summed E-state index contributed by atoms with van der Waals surface area (Å²) in [6.07, 6.45) is 1.70. The molecule has 0 spiro atoms. The molecule has 0 atom stereocenters. The van der Waals surface area contributed by atoms with Crippen molar-refractivity contribution in [3.8, 4) is 52.6 Å². The van der Waals surface area contributed by atoms with E-state index < -0.39 is 58.2 Å². The number of nitriles is 2. The number of imide groups is 1. The fourth-order valence-electron chi connectivity index (χ4n) is 5.12. The average Bonchev–Trinajstić information content (AvgIpc) is 3.28. The number of methoxy groups -OCH3 is 2. The Morgan fingerprint density at radius 3 is 1.75 bits per heavy atom. The third-order valence-corrected chi connectivity index (χ3v) is 8.61. The van der Waals surface area contributed by atoms with Crippen molar-refractivity contribution in [1.29, 1.82) is 10.5 Å². The number of anilines is 1. The molecular formula is C44H43Cl2F2N10NaO13. The Morgan fingerprint density at radius 2 is 1.35 bits per heavy atom. The summed E-state index contributed by atoms with van der Waals surface area (Å²) in [4.78, 5) is 74.7. The van der Waals surface area contributed by atoms with Crippen LogP contribution in [-0.2, 0) is 19.1 Å². The van der Waals surface area contributed by atoms with E-state index in [1.165, 1.54) is 44.8 Å². The number of rotatable bonds is 13. The number of aromatic nitrogens is 5. The van der Waals surface area contributed by atoms with Crippen molar-refractivity contribution in [3.05, 3.63) is 108 Å². The summed E-state index contributed by atoms with van der Waals surface area (Å²) >= 11 is 12.3. The molecule has 0 fully saturated rings. The van der Waals surface area contributed by atoms with Gasteiger partial charge < -0.3 is 38.7 Å². The molecule has 0 saturated carbocycles. The Bertz CT molecular complexity index is 2930. The number of ether oxygens (including phenoxy) is 5. The summed E-state index contributed by atoms with van der Waals surface area (Å²) < 4.78 is 56.2. The molecule has 3 heterocycles. The molecule has 0 aliphatic heterocycles. The molecule has 5 rings (SSSR count). The first-order valence-corrected chi connectivity index (χ1v) is 20.8. The Hall–Kier alpha value is -7.68. The SMILES string of the molecule is CC(=O)O.CC(=O)[O-].CCOC(=O)NC(=O)/C(C#N)=N\Nc1cc(F)c(Oc2cnc(OC)c(C(C)C)c2)c(Cl)c1.COc1ncc(Oc2c(F)cc(-n3nc(C#N)c(=O)[nH]c3=O)cc2Cl)cc1C(C)C.[Na+]. The first-order chi connectivity index (χ1) is 33.4. The molecule has 4 N–H and O–H groups in total. The largest absolute Gasteiger partial charge is 1.00 e. The van der Waals surface area contributed by atoms with Gasteiger partial charge in [-0.05, 0) is 49.9 Å². The molecule has 72 heavy (non-hydrogen) atoms. The minimum absolute atomic E-state index is 0. The van der Waals surface area contributed by atoms with Crippen molar-refractivity contribution in [2.24, 2.45) is 5.10 Å². The maximum Gasteiger partial charge on any atom is 1.00 e. The van der Waals surface area contributed by atoms with Gasteiger partial charge in [-0.25, -0.2) is 28.3 Å². The molecule has 3 aromatic heterocycles. The van der Waals surface area contributed by atoms with E-state index in [0.29, 0.717) is 16.4 Å². The predicted octanol–water partition coefficient (Wildman–Crippen LogP) is 3.12. The van der Waals surface area contributed by atoms with Crippen LogP contribution in [0, 0.1) is 34.3 Å². The predicted molar refractivity (Wildman–Crippen MR) is 247 cm³/mol. The summed E-state index contributed by atoms with van der Waals surface area (Å²) in [6.45, 7) is 11.4. The zero-order chi connectivity index (χ0) is 53.7. The fraction of sp³-hybridized carbons (Fsp3) is 0.273. The number of benzene rings is 2. The molecule has 0 saturated heterocycles. The molecule has 0 aliphatic carbocycles. The molecule has 23 nitrogen and oxygen atoms in total. The van der Waals surface area contributed by atoms with Crippen molar-refractivity contribution in [1.82, 2.24) is 30.0 Å². The maximum atomic E-state index is 14.7. The van der Waals surface area contributed by atoms with Gasteiger partial charge in [-0.3, -0.25) is 30.1 Å². The van der Waals surface area contributed by atoms with Crippen LogP contribution in [0.2, 0.25) is 10.0 Å². The first-order valence-electron chi connectivity index (χ1n) is 20.1. The number of pyridine rings is 2. The van der Waals surface area contributed by atoms with Crippen LogP contribution in [0.5, 0.6) is 34.8 Å². The van der Waals surface area contributed by atoms with Crippen molar-refractivity contribution < 1.29 is 91.4 Å². The van der Waals surface area contributed by atoms with E-state index in [9.17, 15) is 28.0 Å². The van der Waals surface area contributed by atoms with Gasteiger partial charge in [0.05, 0.1) is 54.6 Å². The number of carbonyl (C=O) groups is 4. The van der Waals surface area contributed by atoms with Crippen LogP contribution < -0.4 is 75.6 Å². The van der Waals surface area contributed by atoms with Crippen LogP contribution in [0.3, 0.4) is 0 Å². The van der Waals surface area contributed by atoms with E-state index >= 15 is 0 Å². The quantitative estimate of drug-likeness (QED) is 0.0747. The molecule has 2 aromatic carbocycles. The smallest absolute Gasteiger partial charge is 0.550 e. The van der Waals surface area contributed by atoms with Gasteiger partial charge in [0.2, 0.25) is 23.2 Å². The molecular weight excluding hydrogens is 1010 g/mol. The maximum absolute atomic E-state index is 14.7. The van der Waals surface area contributed by atoms with Gasteiger partial charge in [-0.15, -0.1) is 5.10 Å². The number of carbonyl (C=O) groups excluding carboxylic acids is 3. The number of carboxylic acids is 2.